The first-order valence-corrected chi connectivity index (χ1v) is 11.5. The molecule has 0 spiro atoms. The Kier molecular flexibility index (Phi) is 6.63. The van der Waals surface area contributed by atoms with Gasteiger partial charge in [0, 0.05) is 28.9 Å². The van der Waals surface area contributed by atoms with E-state index in [1.165, 1.54) is 0 Å². The van der Waals surface area contributed by atoms with Crippen LogP contribution in [0.5, 0.6) is 5.75 Å². The number of halogens is 1. The molecule has 2 heterocycles. The van der Waals surface area contributed by atoms with Gasteiger partial charge in [0.05, 0.1) is 11.4 Å². The number of carbonyl (C=O) groups is 1. The summed E-state index contributed by atoms with van der Waals surface area (Å²) >= 11 is 5.98. The summed E-state index contributed by atoms with van der Waals surface area (Å²) in [5.41, 5.74) is 3.62. The number of hydrogen-bond donors (Lipinski definition) is 1. The predicted octanol–water partition coefficient (Wildman–Crippen LogP) is 6.29. The van der Waals surface area contributed by atoms with E-state index in [0.717, 1.165) is 22.5 Å². The number of para-hydroxylation sites is 1. The molecule has 0 bridgehead atoms. The lowest BCUT2D eigenvalue weighted by molar-refractivity contribution is 0.0919. The fourth-order valence-corrected chi connectivity index (χ4v) is 3.82. The molecule has 6 nitrogen and oxygen atoms in total. The third-order valence-electron chi connectivity index (χ3n) is 5.36. The molecule has 2 aromatic heterocycles. The van der Waals surface area contributed by atoms with Crippen molar-refractivity contribution in [3.8, 4) is 22.7 Å². The maximum absolute atomic E-state index is 12.8. The molecule has 0 saturated heterocycles. The van der Waals surface area contributed by atoms with Crippen molar-refractivity contribution in [1.82, 2.24) is 15.1 Å². The zero-order valence-electron chi connectivity index (χ0n) is 18.7. The quantitative estimate of drug-likeness (QED) is 0.281. The molecule has 0 fully saturated rings. The van der Waals surface area contributed by atoms with Crippen LogP contribution in [0.3, 0.4) is 0 Å². The van der Waals surface area contributed by atoms with E-state index < -0.39 is 0 Å². The molecule has 0 aliphatic rings. The minimum atomic E-state index is -0.314. The Morgan fingerprint density at radius 3 is 2.49 bits per heavy atom. The van der Waals surface area contributed by atoms with E-state index in [1.807, 2.05) is 83.7 Å². The van der Waals surface area contributed by atoms with Gasteiger partial charge in [-0.05, 0) is 42.5 Å². The summed E-state index contributed by atoms with van der Waals surface area (Å²) in [6.07, 6.45) is 1.93. The Hall–Kier alpha value is -4.29. The standard InChI is InChI=1S/C28H22ClN3O3/c29-22-10-7-13-24(16-22)34-19-25-14-15-26(35-25)28(33)30-17-21-18-32(23-11-5-2-6-12-23)31-27(21)20-8-3-1-4-9-20/h1-16,18H,17,19H2,(H,30,33). The summed E-state index contributed by atoms with van der Waals surface area (Å²) in [4.78, 5) is 12.8. The lowest BCUT2D eigenvalue weighted by Gasteiger charge is -2.05. The molecular formula is C28H22ClN3O3. The van der Waals surface area contributed by atoms with Crippen LogP contribution in [0.25, 0.3) is 16.9 Å². The molecule has 0 aliphatic heterocycles. The number of ether oxygens (including phenoxy) is 1. The summed E-state index contributed by atoms with van der Waals surface area (Å²) in [5.74, 6) is 1.07. The summed E-state index contributed by atoms with van der Waals surface area (Å²) in [6.45, 7) is 0.487. The normalized spacial score (nSPS) is 10.8. The van der Waals surface area contributed by atoms with E-state index >= 15 is 0 Å². The van der Waals surface area contributed by atoms with Gasteiger partial charge in [0.1, 0.15) is 18.1 Å². The molecule has 0 unspecified atom stereocenters. The van der Waals surface area contributed by atoms with Crippen LogP contribution in [-0.2, 0) is 13.2 Å². The molecule has 174 valence electrons. The minimum absolute atomic E-state index is 0.190. The van der Waals surface area contributed by atoms with Crippen LogP contribution in [0.1, 0.15) is 21.9 Å². The van der Waals surface area contributed by atoms with E-state index in [1.54, 1.807) is 24.3 Å². The van der Waals surface area contributed by atoms with Gasteiger partial charge in [0.15, 0.2) is 5.76 Å². The Balaban J connectivity index is 1.28. The van der Waals surface area contributed by atoms with Crippen molar-refractivity contribution in [3.63, 3.8) is 0 Å². The van der Waals surface area contributed by atoms with E-state index in [4.69, 9.17) is 25.9 Å². The molecule has 0 aliphatic carbocycles. The Morgan fingerprint density at radius 2 is 1.71 bits per heavy atom. The van der Waals surface area contributed by atoms with Crippen molar-refractivity contribution >= 4 is 17.5 Å². The van der Waals surface area contributed by atoms with Gasteiger partial charge < -0.3 is 14.5 Å². The van der Waals surface area contributed by atoms with Gasteiger partial charge in [-0.25, -0.2) is 4.68 Å². The Labute approximate surface area is 207 Å². The Morgan fingerprint density at radius 1 is 0.943 bits per heavy atom. The lowest BCUT2D eigenvalue weighted by atomic mass is 10.1. The number of benzene rings is 3. The second kappa shape index (κ2) is 10.3. The number of nitrogens with one attached hydrogen (secondary N) is 1. The molecule has 7 heteroatoms. The van der Waals surface area contributed by atoms with Crippen LogP contribution in [-0.4, -0.2) is 15.7 Å². The highest BCUT2D eigenvalue weighted by molar-refractivity contribution is 6.30. The highest BCUT2D eigenvalue weighted by Gasteiger charge is 2.16. The lowest BCUT2D eigenvalue weighted by Crippen LogP contribution is -2.22. The van der Waals surface area contributed by atoms with Crippen molar-refractivity contribution in [2.24, 2.45) is 0 Å². The van der Waals surface area contributed by atoms with Gasteiger partial charge in [-0.15, -0.1) is 0 Å². The van der Waals surface area contributed by atoms with E-state index in [9.17, 15) is 4.79 Å². The highest BCUT2D eigenvalue weighted by atomic mass is 35.5. The van der Waals surface area contributed by atoms with E-state index in [-0.39, 0.29) is 18.3 Å². The highest BCUT2D eigenvalue weighted by Crippen LogP contribution is 2.24. The van der Waals surface area contributed by atoms with Gasteiger partial charge in [0.25, 0.3) is 5.91 Å². The molecule has 5 rings (SSSR count). The summed E-state index contributed by atoms with van der Waals surface area (Å²) in [7, 11) is 0. The Bertz CT molecular complexity index is 1430. The van der Waals surface area contributed by atoms with Crippen molar-refractivity contribution in [2.75, 3.05) is 0 Å². The van der Waals surface area contributed by atoms with Crippen molar-refractivity contribution in [2.45, 2.75) is 13.2 Å². The molecule has 0 saturated carbocycles. The zero-order chi connectivity index (χ0) is 24.0. The fraction of sp³-hybridized carbons (Fsp3) is 0.0714. The van der Waals surface area contributed by atoms with Gasteiger partial charge in [0.2, 0.25) is 0 Å². The predicted molar refractivity (Wildman–Crippen MR) is 135 cm³/mol. The molecule has 1 N–H and O–H groups in total. The molecule has 0 radical (unpaired) electrons. The monoisotopic (exact) mass is 483 g/mol. The molecule has 3 aromatic carbocycles. The first kappa shape index (κ1) is 22.5. The largest absolute Gasteiger partial charge is 0.486 e. The first-order chi connectivity index (χ1) is 17.2. The molecule has 35 heavy (non-hydrogen) atoms. The van der Waals surface area contributed by atoms with Gasteiger partial charge in [-0.3, -0.25) is 4.79 Å². The SMILES string of the molecule is O=C(NCc1cn(-c2ccccc2)nc1-c1ccccc1)c1ccc(COc2cccc(Cl)c2)o1. The summed E-state index contributed by atoms with van der Waals surface area (Å²) in [5, 5.41) is 8.31. The zero-order valence-corrected chi connectivity index (χ0v) is 19.5. The van der Waals surface area contributed by atoms with Crippen LogP contribution >= 0.6 is 11.6 Å². The number of nitrogens with zero attached hydrogens (tertiary/aromatic N) is 2. The van der Waals surface area contributed by atoms with Crippen LogP contribution < -0.4 is 10.1 Å². The third kappa shape index (κ3) is 5.45. The number of aromatic nitrogens is 2. The van der Waals surface area contributed by atoms with Crippen LogP contribution in [0, 0.1) is 0 Å². The van der Waals surface area contributed by atoms with Crippen molar-refractivity contribution in [1.29, 1.82) is 0 Å². The average molecular weight is 484 g/mol. The van der Waals surface area contributed by atoms with Gasteiger partial charge in [-0.1, -0.05) is 66.2 Å². The number of furan rings is 1. The first-order valence-electron chi connectivity index (χ1n) is 11.1. The van der Waals surface area contributed by atoms with E-state index in [2.05, 4.69) is 5.32 Å². The number of hydrogen-bond acceptors (Lipinski definition) is 4. The number of amides is 1. The third-order valence-corrected chi connectivity index (χ3v) is 5.60. The maximum atomic E-state index is 12.8. The number of carbonyl (C=O) groups excluding carboxylic acids is 1. The second-order valence-corrected chi connectivity index (χ2v) is 8.28. The molecular weight excluding hydrogens is 462 g/mol. The molecule has 1 amide bonds. The van der Waals surface area contributed by atoms with Crippen molar-refractivity contribution in [3.05, 3.63) is 125 Å². The fourth-order valence-electron chi connectivity index (χ4n) is 3.64. The van der Waals surface area contributed by atoms with Crippen LogP contribution in [0.4, 0.5) is 0 Å². The van der Waals surface area contributed by atoms with Crippen LogP contribution in [0.2, 0.25) is 5.02 Å². The summed E-state index contributed by atoms with van der Waals surface area (Å²) in [6, 6.07) is 30.2. The smallest absolute Gasteiger partial charge is 0.287 e. The molecule has 0 atom stereocenters. The van der Waals surface area contributed by atoms with Gasteiger partial charge in [-0.2, -0.15) is 5.10 Å². The van der Waals surface area contributed by atoms with Crippen molar-refractivity contribution < 1.29 is 13.9 Å². The second-order valence-electron chi connectivity index (χ2n) is 7.84. The summed E-state index contributed by atoms with van der Waals surface area (Å²) < 4.78 is 13.2. The van der Waals surface area contributed by atoms with Gasteiger partial charge >= 0.3 is 0 Å². The van der Waals surface area contributed by atoms with E-state index in [0.29, 0.717) is 23.1 Å². The minimum Gasteiger partial charge on any atom is -0.486 e. The average Bonchev–Trinajstić information content (AvgIpc) is 3.55. The van der Waals surface area contributed by atoms with Crippen LogP contribution in [0.15, 0.2) is 108 Å². The maximum Gasteiger partial charge on any atom is 0.287 e. The molecule has 5 aromatic rings. The topological polar surface area (TPSA) is 69.3 Å². The number of rotatable bonds is 8.